The lowest BCUT2D eigenvalue weighted by atomic mass is 10.1. The predicted molar refractivity (Wildman–Crippen MR) is 84.9 cm³/mol. The third-order valence-electron chi connectivity index (χ3n) is 4.29. The summed E-state index contributed by atoms with van der Waals surface area (Å²) in [5.74, 6) is -0.326. The molecule has 0 bridgehead atoms. The topological polar surface area (TPSA) is 44.1 Å². The molecular weight excluding hydrogens is 291 g/mol. The summed E-state index contributed by atoms with van der Waals surface area (Å²) in [7, 11) is 1.76. The SMILES string of the molecule is CN(Cc1ccc(C#N)cc1)C(=O)C1CC1c1ccccc1F. The van der Waals surface area contributed by atoms with Crippen LogP contribution in [0, 0.1) is 23.1 Å². The van der Waals surface area contributed by atoms with Gasteiger partial charge in [-0.3, -0.25) is 4.79 Å². The van der Waals surface area contributed by atoms with Gasteiger partial charge in [-0.05, 0) is 41.7 Å². The van der Waals surface area contributed by atoms with Gasteiger partial charge in [0.2, 0.25) is 5.91 Å². The van der Waals surface area contributed by atoms with Crippen LogP contribution in [-0.4, -0.2) is 17.9 Å². The Hall–Kier alpha value is -2.67. The van der Waals surface area contributed by atoms with Crippen molar-refractivity contribution in [1.82, 2.24) is 4.90 Å². The summed E-state index contributed by atoms with van der Waals surface area (Å²) in [4.78, 5) is 14.2. The lowest BCUT2D eigenvalue weighted by Gasteiger charge is -2.17. The molecule has 1 saturated carbocycles. The van der Waals surface area contributed by atoms with Crippen LogP contribution in [-0.2, 0) is 11.3 Å². The number of carbonyl (C=O) groups excluding carboxylic acids is 1. The third-order valence-corrected chi connectivity index (χ3v) is 4.29. The molecule has 0 aromatic heterocycles. The molecule has 1 aliphatic rings. The first-order valence-electron chi connectivity index (χ1n) is 7.58. The van der Waals surface area contributed by atoms with E-state index in [2.05, 4.69) is 6.07 Å². The minimum absolute atomic E-state index is 0.00730. The summed E-state index contributed by atoms with van der Waals surface area (Å²) in [5.41, 5.74) is 2.21. The molecule has 3 rings (SSSR count). The van der Waals surface area contributed by atoms with Gasteiger partial charge in [0.1, 0.15) is 5.82 Å². The van der Waals surface area contributed by atoms with Gasteiger partial charge in [0.05, 0.1) is 11.6 Å². The van der Waals surface area contributed by atoms with Gasteiger partial charge < -0.3 is 4.90 Å². The molecule has 2 unspecified atom stereocenters. The average molecular weight is 308 g/mol. The van der Waals surface area contributed by atoms with E-state index in [1.54, 1.807) is 42.3 Å². The van der Waals surface area contributed by atoms with Crippen molar-refractivity contribution in [3.8, 4) is 6.07 Å². The van der Waals surface area contributed by atoms with E-state index in [1.165, 1.54) is 6.07 Å². The molecule has 2 atom stereocenters. The second kappa shape index (κ2) is 6.21. The van der Waals surface area contributed by atoms with Crippen molar-refractivity contribution in [2.24, 2.45) is 5.92 Å². The lowest BCUT2D eigenvalue weighted by molar-refractivity contribution is -0.131. The number of nitriles is 1. The van der Waals surface area contributed by atoms with Gasteiger partial charge in [-0.25, -0.2) is 4.39 Å². The summed E-state index contributed by atoms with van der Waals surface area (Å²) in [6.45, 7) is 0.491. The van der Waals surface area contributed by atoms with Crippen LogP contribution < -0.4 is 0 Å². The Morgan fingerprint density at radius 3 is 2.61 bits per heavy atom. The minimum Gasteiger partial charge on any atom is -0.341 e. The van der Waals surface area contributed by atoms with E-state index in [-0.39, 0.29) is 23.6 Å². The second-order valence-corrected chi connectivity index (χ2v) is 5.97. The molecular formula is C19H17FN2O. The number of amides is 1. The Morgan fingerprint density at radius 2 is 1.96 bits per heavy atom. The molecule has 0 spiro atoms. The molecule has 2 aromatic rings. The molecule has 1 fully saturated rings. The highest BCUT2D eigenvalue weighted by Crippen LogP contribution is 2.49. The van der Waals surface area contributed by atoms with Crippen LogP contribution in [0.2, 0.25) is 0 Å². The number of hydrogen-bond acceptors (Lipinski definition) is 2. The van der Waals surface area contributed by atoms with Crippen molar-refractivity contribution >= 4 is 5.91 Å². The van der Waals surface area contributed by atoms with E-state index in [9.17, 15) is 9.18 Å². The van der Waals surface area contributed by atoms with Crippen LogP contribution in [0.1, 0.15) is 29.0 Å². The fourth-order valence-electron chi connectivity index (χ4n) is 2.91. The molecule has 116 valence electrons. The second-order valence-electron chi connectivity index (χ2n) is 5.97. The number of nitrogens with zero attached hydrogens (tertiary/aromatic N) is 2. The van der Waals surface area contributed by atoms with Crippen LogP contribution in [0.3, 0.4) is 0 Å². The lowest BCUT2D eigenvalue weighted by Crippen LogP contribution is -2.28. The molecule has 0 saturated heterocycles. The standard InChI is InChI=1S/C19H17FN2O/c1-22(12-14-8-6-13(11-21)7-9-14)19(23)17-10-16(17)15-4-2-3-5-18(15)20/h2-9,16-17H,10,12H2,1H3. The Balaban J connectivity index is 1.63. The Morgan fingerprint density at radius 1 is 1.26 bits per heavy atom. The zero-order valence-corrected chi connectivity index (χ0v) is 12.9. The summed E-state index contributed by atoms with van der Waals surface area (Å²) in [6, 6.07) is 15.9. The number of benzene rings is 2. The number of rotatable bonds is 4. The van der Waals surface area contributed by atoms with Crippen LogP contribution in [0.4, 0.5) is 4.39 Å². The van der Waals surface area contributed by atoms with Crippen LogP contribution in [0.25, 0.3) is 0 Å². The van der Waals surface area contributed by atoms with E-state index >= 15 is 0 Å². The van der Waals surface area contributed by atoms with E-state index in [0.717, 1.165) is 5.56 Å². The largest absolute Gasteiger partial charge is 0.341 e. The zero-order valence-electron chi connectivity index (χ0n) is 12.9. The molecule has 0 radical (unpaired) electrons. The summed E-state index contributed by atoms with van der Waals surface area (Å²) < 4.78 is 13.8. The maximum atomic E-state index is 13.8. The van der Waals surface area contributed by atoms with Crippen molar-refractivity contribution in [3.05, 3.63) is 71.0 Å². The van der Waals surface area contributed by atoms with Crippen molar-refractivity contribution in [2.45, 2.75) is 18.9 Å². The van der Waals surface area contributed by atoms with Gasteiger partial charge in [0.25, 0.3) is 0 Å². The fourth-order valence-corrected chi connectivity index (χ4v) is 2.91. The zero-order chi connectivity index (χ0) is 16.4. The van der Waals surface area contributed by atoms with Crippen LogP contribution in [0.15, 0.2) is 48.5 Å². The van der Waals surface area contributed by atoms with Crippen molar-refractivity contribution in [2.75, 3.05) is 7.05 Å². The molecule has 1 aliphatic carbocycles. The molecule has 0 heterocycles. The van der Waals surface area contributed by atoms with Gasteiger partial charge in [-0.2, -0.15) is 5.26 Å². The smallest absolute Gasteiger partial charge is 0.226 e. The summed E-state index contributed by atoms with van der Waals surface area (Å²) in [6.07, 6.45) is 0.706. The highest BCUT2D eigenvalue weighted by molar-refractivity contribution is 5.82. The first-order valence-corrected chi connectivity index (χ1v) is 7.58. The monoisotopic (exact) mass is 308 g/mol. The van der Waals surface area contributed by atoms with Crippen molar-refractivity contribution < 1.29 is 9.18 Å². The summed E-state index contributed by atoms with van der Waals surface area (Å²) in [5, 5.41) is 8.79. The van der Waals surface area contributed by atoms with Gasteiger partial charge in [0, 0.05) is 19.5 Å². The normalized spacial score (nSPS) is 19.0. The van der Waals surface area contributed by atoms with E-state index in [4.69, 9.17) is 5.26 Å². The number of hydrogen-bond donors (Lipinski definition) is 0. The first-order chi connectivity index (χ1) is 11.1. The molecule has 23 heavy (non-hydrogen) atoms. The Kier molecular flexibility index (Phi) is 4.12. The van der Waals surface area contributed by atoms with Crippen molar-refractivity contribution in [1.29, 1.82) is 5.26 Å². The number of carbonyl (C=O) groups is 1. The van der Waals surface area contributed by atoms with Crippen molar-refractivity contribution in [3.63, 3.8) is 0 Å². The fraction of sp³-hybridized carbons (Fsp3) is 0.263. The molecule has 0 aliphatic heterocycles. The highest BCUT2D eigenvalue weighted by atomic mass is 19.1. The minimum atomic E-state index is -0.234. The maximum absolute atomic E-state index is 13.8. The maximum Gasteiger partial charge on any atom is 0.226 e. The van der Waals surface area contributed by atoms with Crippen LogP contribution in [0.5, 0.6) is 0 Å². The summed E-state index contributed by atoms with van der Waals surface area (Å²) >= 11 is 0. The van der Waals surface area contributed by atoms with Gasteiger partial charge in [-0.15, -0.1) is 0 Å². The molecule has 0 N–H and O–H groups in total. The van der Waals surface area contributed by atoms with Gasteiger partial charge in [0.15, 0.2) is 0 Å². The Bertz CT molecular complexity index is 764. The average Bonchev–Trinajstić information content (AvgIpc) is 3.35. The highest BCUT2D eigenvalue weighted by Gasteiger charge is 2.46. The third kappa shape index (κ3) is 3.24. The van der Waals surface area contributed by atoms with Gasteiger partial charge in [-0.1, -0.05) is 30.3 Å². The quantitative estimate of drug-likeness (QED) is 0.868. The van der Waals surface area contributed by atoms with E-state index in [0.29, 0.717) is 24.1 Å². The molecule has 4 heteroatoms. The van der Waals surface area contributed by atoms with E-state index < -0.39 is 0 Å². The van der Waals surface area contributed by atoms with E-state index in [1.807, 2.05) is 12.1 Å². The van der Waals surface area contributed by atoms with Crippen LogP contribution >= 0.6 is 0 Å². The first kappa shape index (κ1) is 15.2. The van der Waals surface area contributed by atoms with Gasteiger partial charge >= 0.3 is 0 Å². The molecule has 2 aromatic carbocycles. The number of halogens is 1. The molecule has 1 amide bonds. The Labute approximate surface area is 135 Å². The molecule has 3 nitrogen and oxygen atoms in total. The predicted octanol–water partition coefficient (Wildman–Crippen LogP) is 3.46.